The zero-order valence-electron chi connectivity index (χ0n) is 12.3. The van der Waals surface area contributed by atoms with E-state index in [0.29, 0.717) is 12.0 Å². The highest BCUT2D eigenvalue weighted by molar-refractivity contribution is 5.39. The number of nitrogens with zero attached hydrogens (tertiary/aromatic N) is 3. The van der Waals surface area contributed by atoms with Gasteiger partial charge in [-0.3, -0.25) is 4.90 Å². The average Bonchev–Trinajstić information content (AvgIpc) is 3.22. The van der Waals surface area contributed by atoms with Gasteiger partial charge in [-0.2, -0.15) is 0 Å². The molecule has 3 aliphatic rings. The topological polar surface area (TPSA) is 41.0 Å². The molecule has 0 spiro atoms. The second-order valence-corrected chi connectivity index (χ2v) is 6.67. The van der Waals surface area contributed by atoms with Gasteiger partial charge in [-0.05, 0) is 45.6 Å². The number of fused-ring (bicyclic) bond motifs is 1. The predicted molar refractivity (Wildman–Crippen MR) is 80.0 cm³/mol. The number of nitrogens with one attached hydrogen (secondary N) is 1. The van der Waals surface area contributed by atoms with E-state index in [9.17, 15) is 0 Å². The number of aromatic nitrogens is 2. The molecule has 0 unspecified atom stereocenters. The Hall–Kier alpha value is -1.16. The summed E-state index contributed by atoms with van der Waals surface area (Å²) < 4.78 is 0. The van der Waals surface area contributed by atoms with Crippen molar-refractivity contribution < 1.29 is 0 Å². The Morgan fingerprint density at radius 3 is 2.85 bits per heavy atom. The van der Waals surface area contributed by atoms with Gasteiger partial charge in [0.1, 0.15) is 11.6 Å². The molecule has 1 saturated carbocycles. The SMILES string of the molecule is Cc1cc(N[C@@H]2CCN3CCCC[C@H]23)nc(C2CC2)n1. The van der Waals surface area contributed by atoms with Gasteiger partial charge in [0, 0.05) is 36.3 Å². The van der Waals surface area contributed by atoms with Crippen molar-refractivity contribution in [3.63, 3.8) is 0 Å². The van der Waals surface area contributed by atoms with Gasteiger partial charge in [0.05, 0.1) is 0 Å². The Morgan fingerprint density at radius 1 is 1.10 bits per heavy atom. The second-order valence-electron chi connectivity index (χ2n) is 6.67. The average molecular weight is 272 g/mol. The highest BCUT2D eigenvalue weighted by Gasteiger charge is 2.35. The molecule has 0 bridgehead atoms. The molecular formula is C16H24N4. The molecule has 1 aliphatic carbocycles. The molecule has 2 atom stereocenters. The molecule has 2 aliphatic heterocycles. The predicted octanol–water partition coefficient (Wildman–Crippen LogP) is 2.70. The van der Waals surface area contributed by atoms with Crippen molar-refractivity contribution in [1.29, 1.82) is 0 Å². The molecule has 20 heavy (non-hydrogen) atoms. The smallest absolute Gasteiger partial charge is 0.134 e. The van der Waals surface area contributed by atoms with Crippen LogP contribution in [0.3, 0.4) is 0 Å². The first kappa shape index (κ1) is 12.6. The van der Waals surface area contributed by atoms with Crippen molar-refractivity contribution in [3.8, 4) is 0 Å². The fourth-order valence-corrected chi connectivity index (χ4v) is 3.80. The molecule has 1 aromatic heterocycles. The molecule has 0 amide bonds. The maximum Gasteiger partial charge on any atom is 0.134 e. The number of aryl methyl sites for hydroxylation is 1. The maximum atomic E-state index is 4.76. The van der Waals surface area contributed by atoms with Gasteiger partial charge in [0.25, 0.3) is 0 Å². The summed E-state index contributed by atoms with van der Waals surface area (Å²) in [5.41, 5.74) is 1.10. The van der Waals surface area contributed by atoms with E-state index in [1.165, 1.54) is 51.6 Å². The molecule has 1 N–H and O–H groups in total. The highest BCUT2D eigenvalue weighted by Crippen LogP contribution is 2.38. The largest absolute Gasteiger partial charge is 0.366 e. The lowest BCUT2D eigenvalue weighted by Crippen LogP contribution is -2.41. The summed E-state index contributed by atoms with van der Waals surface area (Å²) in [5, 5.41) is 3.71. The van der Waals surface area contributed by atoms with Crippen molar-refractivity contribution >= 4 is 5.82 Å². The van der Waals surface area contributed by atoms with Crippen LogP contribution in [0.15, 0.2) is 6.07 Å². The summed E-state index contributed by atoms with van der Waals surface area (Å²) >= 11 is 0. The lowest BCUT2D eigenvalue weighted by Gasteiger charge is -2.32. The van der Waals surface area contributed by atoms with E-state index >= 15 is 0 Å². The first-order valence-corrected chi connectivity index (χ1v) is 8.16. The summed E-state index contributed by atoms with van der Waals surface area (Å²) in [4.78, 5) is 12.0. The molecule has 3 heterocycles. The van der Waals surface area contributed by atoms with Crippen LogP contribution in [0.25, 0.3) is 0 Å². The fraction of sp³-hybridized carbons (Fsp3) is 0.750. The summed E-state index contributed by atoms with van der Waals surface area (Å²) in [6.45, 7) is 4.63. The zero-order chi connectivity index (χ0) is 13.5. The van der Waals surface area contributed by atoms with Gasteiger partial charge in [-0.1, -0.05) is 6.42 Å². The van der Waals surface area contributed by atoms with Crippen LogP contribution in [0.5, 0.6) is 0 Å². The maximum absolute atomic E-state index is 4.76. The third kappa shape index (κ3) is 2.41. The number of piperidine rings is 1. The van der Waals surface area contributed by atoms with E-state index in [2.05, 4.69) is 28.2 Å². The highest BCUT2D eigenvalue weighted by atomic mass is 15.2. The van der Waals surface area contributed by atoms with Gasteiger partial charge in [-0.15, -0.1) is 0 Å². The molecule has 4 heteroatoms. The standard InChI is InChI=1S/C16H24N4/c1-11-10-15(19-16(17-11)12-5-6-12)18-13-7-9-20-8-3-2-4-14(13)20/h10,12-14H,2-9H2,1H3,(H,17,18,19)/t13-,14-/m1/s1. The van der Waals surface area contributed by atoms with E-state index in [1.807, 2.05) is 0 Å². The van der Waals surface area contributed by atoms with Gasteiger partial charge in [0.2, 0.25) is 0 Å². The fourth-order valence-electron chi connectivity index (χ4n) is 3.80. The van der Waals surface area contributed by atoms with E-state index in [1.54, 1.807) is 0 Å². The first-order chi connectivity index (χ1) is 9.79. The summed E-state index contributed by atoms with van der Waals surface area (Å²) in [6.07, 6.45) is 7.90. The summed E-state index contributed by atoms with van der Waals surface area (Å²) in [6, 6.07) is 3.41. The van der Waals surface area contributed by atoms with E-state index in [-0.39, 0.29) is 0 Å². The van der Waals surface area contributed by atoms with Crippen LogP contribution >= 0.6 is 0 Å². The quantitative estimate of drug-likeness (QED) is 0.918. The number of hydrogen-bond acceptors (Lipinski definition) is 4. The van der Waals surface area contributed by atoms with Crippen molar-refractivity contribution in [2.75, 3.05) is 18.4 Å². The minimum atomic E-state index is 0.580. The zero-order valence-corrected chi connectivity index (χ0v) is 12.3. The van der Waals surface area contributed by atoms with Crippen LogP contribution in [-0.4, -0.2) is 40.0 Å². The van der Waals surface area contributed by atoms with E-state index in [0.717, 1.165) is 23.4 Å². The van der Waals surface area contributed by atoms with Gasteiger partial charge < -0.3 is 5.32 Å². The first-order valence-electron chi connectivity index (χ1n) is 8.16. The third-order valence-corrected chi connectivity index (χ3v) is 5.00. The molecule has 2 saturated heterocycles. The van der Waals surface area contributed by atoms with Crippen LogP contribution < -0.4 is 5.32 Å². The molecular weight excluding hydrogens is 248 g/mol. The molecule has 0 aromatic carbocycles. The van der Waals surface area contributed by atoms with E-state index in [4.69, 9.17) is 4.98 Å². The van der Waals surface area contributed by atoms with Gasteiger partial charge in [-0.25, -0.2) is 9.97 Å². The van der Waals surface area contributed by atoms with Crippen molar-refractivity contribution in [3.05, 3.63) is 17.6 Å². The Kier molecular flexibility index (Phi) is 3.14. The lowest BCUT2D eigenvalue weighted by atomic mass is 9.99. The second kappa shape index (κ2) is 4.99. The molecule has 1 aromatic rings. The Balaban J connectivity index is 1.50. The molecule has 3 fully saturated rings. The van der Waals surface area contributed by atoms with Crippen LogP contribution in [0.2, 0.25) is 0 Å². The van der Waals surface area contributed by atoms with Gasteiger partial charge >= 0.3 is 0 Å². The normalized spacial score (nSPS) is 30.2. The van der Waals surface area contributed by atoms with Crippen LogP contribution in [0.1, 0.15) is 56.0 Å². The molecule has 4 rings (SSSR count). The van der Waals surface area contributed by atoms with Crippen LogP contribution in [0, 0.1) is 6.92 Å². The number of rotatable bonds is 3. The van der Waals surface area contributed by atoms with E-state index < -0.39 is 0 Å². The molecule has 0 radical (unpaired) electrons. The van der Waals surface area contributed by atoms with Gasteiger partial charge in [0.15, 0.2) is 0 Å². The van der Waals surface area contributed by atoms with Crippen LogP contribution in [-0.2, 0) is 0 Å². The van der Waals surface area contributed by atoms with Crippen molar-refractivity contribution in [2.24, 2.45) is 0 Å². The van der Waals surface area contributed by atoms with Crippen molar-refractivity contribution in [2.45, 2.75) is 63.5 Å². The third-order valence-electron chi connectivity index (χ3n) is 5.00. The monoisotopic (exact) mass is 272 g/mol. The minimum absolute atomic E-state index is 0.580. The number of anilines is 1. The van der Waals surface area contributed by atoms with Crippen LogP contribution in [0.4, 0.5) is 5.82 Å². The molecule has 4 nitrogen and oxygen atoms in total. The molecule has 108 valence electrons. The lowest BCUT2D eigenvalue weighted by molar-refractivity contribution is 0.192. The Morgan fingerprint density at radius 2 is 2.00 bits per heavy atom. The summed E-state index contributed by atoms with van der Waals surface area (Å²) in [7, 11) is 0. The Labute approximate surface area is 121 Å². The summed E-state index contributed by atoms with van der Waals surface area (Å²) in [5.74, 6) is 2.74. The number of hydrogen-bond donors (Lipinski definition) is 1. The Bertz CT molecular complexity index is 497. The van der Waals surface area contributed by atoms with Crippen molar-refractivity contribution in [1.82, 2.24) is 14.9 Å². The minimum Gasteiger partial charge on any atom is -0.366 e.